The normalized spacial score (nSPS) is 14.9. The zero-order valence-corrected chi connectivity index (χ0v) is 8.99. The van der Waals surface area contributed by atoms with Crippen LogP contribution in [-0.2, 0) is 18.5 Å². The maximum Gasteiger partial charge on any atom is 0.493 e. The lowest BCUT2D eigenvalue weighted by atomic mass is 10.2. The van der Waals surface area contributed by atoms with E-state index in [9.17, 15) is 9.36 Å². The Balaban J connectivity index is 3.89. The molecule has 0 spiro atoms. The number of phosphoric ester groups is 1. The van der Waals surface area contributed by atoms with Crippen LogP contribution in [0.25, 0.3) is 0 Å². The molecule has 0 aliphatic rings. The molecule has 0 aliphatic heterocycles. The Hall–Kier alpha value is -0.680. The van der Waals surface area contributed by atoms with E-state index < -0.39 is 13.7 Å². The summed E-state index contributed by atoms with van der Waals surface area (Å²) < 4.78 is 19.7. The van der Waals surface area contributed by atoms with E-state index in [0.29, 0.717) is 0 Å². The predicted molar refractivity (Wildman–Crippen MR) is 50.0 cm³/mol. The van der Waals surface area contributed by atoms with Gasteiger partial charge in [0.15, 0.2) is 0 Å². The largest absolute Gasteiger partial charge is 0.493 e. The molecule has 0 rings (SSSR count). The highest BCUT2D eigenvalue weighted by Crippen LogP contribution is 2.42. The van der Waals surface area contributed by atoms with Gasteiger partial charge in [0.05, 0.1) is 6.61 Å². The Kier molecular flexibility index (Phi) is 5.64. The standard InChI is InChI=1S/C7H14NO5P/c1-4-7(9)8-13-14(10,11)12-5-6(2)3/h4,6H,1,5H2,2-3H3,(H,8,9)(H,10,11). The van der Waals surface area contributed by atoms with Crippen molar-refractivity contribution in [1.29, 1.82) is 0 Å². The smallest absolute Gasteiger partial charge is 0.301 e. The summed E-state index contributed by atoms with van der Waals surface area (Å²) in [5.74, 6) is -0.624. The monoisotopic (exact) mass is 223 g/mol. The summed E-state index contributed by atoms with van der Waals surface area (Å²) in [7, 11) is -4.19. The molecule has 0 aromatic rings. The van der Waals surface area contributed by atoms with Gasteiger partial charge in [0, 0.05) is 0 Å². The second-order valence-electron chi connectivity index (χ2n) is 2.92. The van der Waals surface area contributed by atoms with Crippen molar-refractivity contribution < 1.29 is 23.4 Å². The van der Waals surface area contributed by atoms with Gasteiger partial charge in [-0.25, -0.2) is 10.0 Å². The van der Waals surface area contributed by atoms with Gasteiger partial charge in [0.1, 0.15) is 0 Å². The molecule has 0 aliphatic carbocycles. The molecule has 0 bridgehead atoms. The Morgan fingerprint density at radius 1 is 1.71 bits per heavy atom. The van der Waals surface area contributed by atoms with Crippen molar-refractivity contribution in [2.45, 2.75) is 13.8 Å². The van der Waals surface area contributed by atoms with E-state index in [2.05, 4.69) is 15.7 Å². The fraction of sp³-hybridized carbons (Fsp3) is 0.571. The third-order valence-corrected chi connectivity index (χ3v) is 1.82. The van der Waals surface area contributed by atoms with Gasteiger partial charge in [-0.3, -0.25) is 9.32 Å². The predicted octanol–water partition coefficient (Wildman–Crippen LogP) is 0.993. The third kappa shape index (κ3) is 6.80. The SMILES string of the molecule is C=CC(=O)NOP(=O)(O)OCC(C)C. The second-order valence-corrected chi connectivity index (χ2v) is 4.30. The molecule has 0 aromatic carbocycles. The minimum Gasteiger partial charge on any atom is -0.301 e. The van der Waals surface area contributed by atoms with Crippen molar-refractivity contribution >= 4 is 13.7 Å². The number of hydrogen-bond donors (Lipinski definition) is 2. The third-order valence-electron chi connectivity index (χ3n) is 1.02. The molecule has 2 N–H and O–H groups in total. The number of hydroxylamine groups is 1. The number of amides is 1. The molecule has 7 heteroatoms. The number of nitrogens with one attached hydrogen (secondary N) is 1. The summed E-state index contributed by atoms with van der Waals surface area (Å²) in [6, 6.07) is 0. The Labute approximate surface area is 82.5 Å². The minimum atomic E-state index is -4.19. The average Bonchev–Trinajstić information content (AvgIpc) is 2.11. The first-order chi connectivity index (χ1) is 6.37. The summed E-state index contributed by atoms with van der Waals surface area (Å²) in [5, 5.41) is 0. The van der Waals surface area contributed by atoms with Gasteiger partial charge in [0.25, 0.3) is 5.91 Å². The highest BCUT2D eigenvalue weighted by atomic mass is 31.2. The molecule has 6 nitrogen and oxygen atoms in total. The molecule has 0 heterocycles. The van der Waals surface area contributed by atoms with E-state index in [1.54, 1.807) is 5.48 Å². The van der Waals surface area contributed by atoms with E-state index >= 15 is 0 Å². The fourth-order valence-electron chi connectivity index (χ4n) is 0.414. The van der Waals surface area contributed by atoms with Crippen LogP contribution in [0.15, 0.2) is 12.7 Å². The van der Waals surface area contributed by atoms with Crippen LogP contribution in [0.3, 0.4) is 0 Å². The lowest BCUT2D eigenvalue weighted by Gasteiger charge is -2.12. The van der Waals surface area contributed by atoms with Gasteiger partial charge in [-0.05, 0) is 12.0 Å². The summed E-state index contributed by atoms with van der Waals surface area (Å²) in [6.07, 6.45) is 0.905. The Morgan fingerprint density at radius 2 is 2.29 bits per heavy atom. The van der Waals surface area contributed by atoms with Crippen LogP contribution in [0.1, 0.15) is 13.8 Å². The van der Waals surface area contributed by atoms with Crippen molar-refractivity contribution in [2.75, 3.05) is 6.61 Å². The zero-order valence-electron chi connectivity index (χ0n) is 8.10. The van der Waals surface area contributed by atoms with Gasteiger partial charge in [-0.2, -0.15) is 4.62 Å². The molecular weight excluding hydrogens is 209 g/mol. The first-order valence-electron chi connectivity index (χ1n) is 3.95. The molecule has 82 valence electrons. The van der Waals surface area contributed by atoms with Crippen LogP contribution in [-0.4, -0.2) is 17.4 Å². The lowest BCUT2D eigenvalue weighted by Crippen LogP contribution is -2.20. The van der Waals surface area contributed by atoms with Gasteiger partial charge >= 0.3 is 7.82 Å². The second kappa shape index (κ2) is 5.93. The fourth-order valence-corrected chi connectivity index (χ4v) is 1.16. The molecule has 0 saturated heterocycles. The molecule has 0 radical (unpaired) electrons. The van der Waals surface area contributed by atoms with Gasteiger partial charge < -0.3 is 4.89 Å². The van der Waals surface area contributed by atoms with E-state index in [4.69, 9.17) is 4.89 Å². The van der Waals surface area contributed by atoms with Crippen molar-refractivity contribution in [3.63, 3.8) is 0 Å². The molecule has 1 atom stereocenters. The highest BCUT2D eigenvalue weighted by Gasteiger charge is 2.22. The number of phosphoric acid groups is 1. The molecule has 0 saturated carbocycles. The van der Waals surface area contributed by atoms with E-state index in [-0.39, 0.29) is 12.5 Å². The Bertz CT molecular complexity index is 252. The van der Waals surface area contributed by atoms with Gasteiger partial charge in [-0.15, -0.1) is 0 Å². The van der Waals surface area contributed by atoms with E-state index in [1.165, 1.54) is 0 Å². The number of hydrogen-bond acceptors (Lipinski definition) is 4. The van der Waals surface area contributed by atoms with Crippen molar-refractivity contribution in [1.82, 2.24) is 5.48 Å². The molecule has 0 aromatic heterocycles. The van der Waals surface area contributed by atoms with Gasteiger partial charge in [0.2, 0.25) is 0 Å². The summed E-state index contributed by atoms with van der Waals surface area (Å²) in [5.41, 5.74) is 1.70. The number of carbonyl (C=O) groups excluding carboxylic acids is 1. The topological polar surface area (TPSA) is 84.9 Å². The zero-order chi connectivity index (χ0) is 11.2. The number of rotatable bonds is 6. The van der Waals surface area contributed by atoms with E-state index in [1.807, 2.05) is 13.8 Å². The van der Waals surface area contributed by atoms with Crippen molar-refractivity contribution in [2.24, 2.45) is 5.92 Å². The Morgan fingerprint density at radius 3 is 2.71 bits per heavy atom. The number of carbonyl (C=O) groups is 1. The van der Waals surface area contributed by atoms with Crippen LogP contribution >= 0.6 is 7.82 Å². The van der Waals surface area contributed by atoms with Crippen LogP contribution in [0.4, 0.5) is 0 Å². The lowest BCUT2D eigenvalue weighted by molar-refractivity contribution is -0.123. The highest BCUT2D eigenvalue weighted by molar-refractivity contribution is 7.47. The van der Waals surface area contributed by atoms with Crippen LogP contribution in [0.5, 0.6) is 0 Å². The summed E-state index contributed by atoms with van der Waals surface area (Å²) >= 11 is 0. The molecule has 1 amide bonds. The van der Waals surface area contributed by atoms with Crippen molar-refractivity contribution in [3.05, 3.63) is 12.7 Å². The molecule has 14 heavy (non-hydrogen) atoms. The average molecular weight is 223 g/mol. The molecular formula is C7H14NO5P. The maximum absolute atomic E-state index is 11.0. The van der Waals surface area contributed by atoms with Crippen LogP contribution < -0.4 is 5.48 Å². The molecule has 0 fully saturated rings. The first-order valence-corrected chi connectivity index (χ1v) is 5.45. The van der Waals surface area contributed by atoms with Crippen LogP contribution in [0.2, 0.25) is 0 Å². The first kappa shape index (κ1) is 13.3. The summed E-state index contributed by atoms with van der Waals surface area (Å²) in [6.45, 7) is 6.81. The quantitative estimate of drug-likeness (QED) is 0.398. The minimum absolute atomic E-state index is 0.0672. The van der Waals surface area contributed by atoms with Crippen molar-refractivity contribution in [3.8, 4) is 0 Å². The summed E-state index contributed by atoms with van der Waals surface area (Å²) in [4.78, 5) is 19.5. The maximum atomic E-state index is 11.0. The molecule has 1 unspecified atom stereocenters. The van der Waals surface area contributed by atoms with E-state index in [0.717, 1.165) is 6.08 Å². The van der Waals surface area contributed by atoms with Crippen LogP contribution in [0, 0.1) is 5.92 Å². The van der Waals surface area contributed by atoms with Gasteiger partial charge in [-0.1, -0.05) is 20.4 Å².